The minimum atomic E-state index is -1.18. The number of carboxylic acid groups (broad SMARTS) is 1. The summed E-state index contributed by atoms with van der Waals surface area (Å²) in [5.74, 6) is -2.00. The molecule has 1 aliphatic carbocycles. The van der Waals surface area contributed by atoms with Crippen LogP contribution < -0.4 is 5.32 Å². The standard InChI is InChI=1S/C15H15BrFNO3/c16-11-4-5-12(17)10(9-11)3-6-13(19)18-15(14(20)21)7-1-2-8-15/h3-6,9H,1-2,7-8H2,(H,18,19)(H,20,21)/b6-3+. The summed E-state index contributed by atoms with van der Waals surface area (Å²) in [5, 5.41) is 11.8. The Bertz CT molecular complexity index is 595. The zero-order chi connectivity index (χ0) is 15.5. The van der Waals surface area contributed by atoms with Gasteiger partial charge in [-0.25, -0.2) is 9.18 Å². The number of carboxylic acids is 1. The SMILES string of the molecule is O=C(/C=C/c1cc(Br)ccc1F)NC1(C(=O)O)CCCC1. The zero-order valence-electron chi connectivity index (χ0n) is 11.2. The lowest BCUT2D eigenvalue weighted by Crippen LogP contribution is -2.52. The van der Waals surface area contributed by atoms with Crippen molar-refractivity contribution < 1.29 is 19.1 Å². The molecule has 0 radical (unpaired) electrons. The number of carbonyl (C=O) groups excluding carboxylic acids is 1. The van der Waals surface area contributed by atoms with E-state index in [0.717, 1.165) is 18.9 Å². The highest BCUT2D eigenvalue weighted by Gasteiger charge is 2.42. The summed E-state index contributed by atoms with van der Waals surface area (Å²) in [7, 11) is 0. The fourth-order valence-electron chi connectivity index (χ4n) is 2.46. The lowest BCUT2D eigenvalue weighted by atomic mass is 9.98. The Kier molecular flexibility index (Phi) is 4.77. The van der Waals surface area contributed by atoms with E-state index < -0.39 is 23.2 Å². The molecule has 0 bridgehead atoms. The molecule has 1 aliphatic rings. The van der Waals surface area contributed by atoms with Gasteiger partial charge < -0.3 is 10.4 Å². The highest BCUT2D eigenvalue weighted by atomic mass is 79.9. The first kappa shape index (κ1) is 15.7. The van der Waals surface area contributed by atoms with E-state index in [2.05, 4.69) is 21.2 Å². The molecule has 1 fully saturated rings. The van der Waals surface area contributed by atoms with Crippen molar-refractivity contribution in [3.05, 3.63) is 40.1 Å². The second-order valence-electron chi connectivity index (χ2n) is 5.08. The van der Waals surface area contributed by atoms with Gasteiger partial charge in [0.1, 0.15) is 11.4 Å². The molecule has 0 heterocycles. The van der Waals surface area contributed by atoms with Crippen LogP contribution in [0.3, 0.4) is 0 Å². The Balaban J connectivity index is 2.09. The van der Waals surface area contributed by atoms with Crippen LogP contribution in [0.4, 0.5) is 4.39 Å². The van der Waals surface area contributed by atoms with Gasteiger partial charge >= 0.3 is 5.97 Å². The quantitative estimate of drug-likeness (QED) is 0.815. The van der Waals surface area contributed by atoms with E-state index in [1.165, 1.54) is 12.1 Å². The van der Waals surface area contributed by atoms with Crippen LogP contribution in [-0.4, -0.2) is 22.5 Å². The molecule has 6 heteroatoms. The van der Waals surface area contributed by atoms with Crippen molar-refractivity contribution in [2.75, 3.05) is 0 Å². The summed E-state index contributed by atoms with van der Waals surface area (Å²) in [6.45, 7) is 0. The monoisotopic (exact) mass is 355 g/mol. The van der Waals surface area contributed by atoms with Gasteiger partial charge in [0.15, 0.2) is 0 Å². The number of hydrogen-bond donors (Lipinski definition) is 2. The van der Waals surface area contributed by atoms with Crippen molar-refractivity contribution in [3.8, 4) is 0 Å². The zero-order valence-corrected chi connectivity index (χ0v) is 12.8. The lowest BCUT2D eigenvalue weighted by Gasteiger charge is -2.24. The second kappa shape index (κ2) is 6.39. The molecule has 1 aromatic rings. The van der Waals surface area contributed by atoms with Gasteiger partial charge in [-0.3, -0.25) is 4.79 Å². The minimum Gasteiger partial charge on any atom is -0.480 e. The highest BCUT2D eigenvalue weighted by molar-refractivity contribution is 9.10. The Morgan fingerprint density at radius 2 is 2.00 bits per heavy atom. The molecule has 112 valence electrons. The van der Waals surface area contributed by atoms with E-state index in [1.807, 2.05) is 0 Å². The van der Waals surface area contributed by atoms with Crippen LogP contribution in [-0.2, 0) is 9.59 Å². The van der Waals surface area contributed by atoms with E-state index in [-0.39, 0.29) is 5.56 Å². The summed E-state index contributed by atoms with van der Waals surface area (Å²) < 4.78 is 14.2. The molecule has 0 spiro atoms. The maximum Gasteiger partial charge on any atom is 0.329 e. The maximum atomic E-state index is 13.5. The molecule has 2 rings (SSSR count). The Morgan fingerprint density at radius 1 is 1.33 bits per heavy atom. The molecule has 1 saturated carbocycles. The number of carbonyl (C=O) groups is 2. The number of amides is 1. The molecule has 0 saturated heterocycles. The second-order valence-corrected chi connectivity index (χ2v) is 6.00. The predicted molar refractivity (Wildman–Crippen MR) is 80.1 cm³/mol. The van der Waals surface area contributed by atoms with Crippen LogP contribution in [0.5, 0.6) is 0 Å². The van der Waals surface area contributed by atoms with Gasteiger partial charge in [0.25, 0.3) is 0 Å². The Hall–Kier alpha value is -1.69. The summed E-state index contributed by atoms with van der Waals surface area (Å²) in [6.07, 6.45) is 4.89. The number of hydrogen-bond acceptors (Lipinski definition) is 2. The molecule has 21 heavy (non-hydrogen) atoms. The maximum absolute atomic E-state index is 13.5. The third-order valence-electron chi connectivity index (χ3n) is 3.60. The van der Waals surface area contributed by atoms with Gasteiger partial charge in [-0.15, -0.1) is 0 Å². The summed E-state index contributed by atoms with van der Waals surface area (Å²) >= 11 is 3.22. The average molecular weight is 356 g/mol. The number of nitrogens with one attached hydrogen (secondary N) is 1. The number of benzene rings is 1. The van der Waals surface area contributed by atoms with Gasteiger partial charge in [0.2, 0.25) is 5.91 Å². The first-order valence-electron chi connectivity index (χ1n) is 6.62. The van der Waals surface area contributed by atoms with Crippen LogP contribution in [0.2, 0.25) is 0 Å². The fraction of sp³-hybridized carbons (Fsp3) is 0.333. The molecule has 0 atom stereocenters. The van der Waals surface area contributed by atoms with Gasteiger partial charge in [0, 0.05) is 16.1 Å². The van der Waals surface area contributed by atoms with Crippen LogP contribution in [0.25, 0.3) is 6.08 Å². The molecule has 1 amide bonds. The highest BCUT2D eigenvalue weighted by Crippen LogP contribution is 2.29. The van der Waals surface area contributed by atoms with Crippen molar-refractivity contribution in [3.63, 3.8) is 0 Å². The van der Waals surface area contributed by atoms with Crippen molar-refractivity contribution in [2.45, 2.75) is 31.2 Å². The van der Waals surface area contributed by atoms with Crippen LogP contribution >= 0.6 is 15.9 Å². The third kappa shape index (κ3) is 3.69. The lowest BCUT2D eigenvalue weighted by molar-refractivity contribution is -0.146. The number of halogens is 2. The predicted octanol–water partition coefficient (Wildman–Crippen LogP) is 3.12. The van der Waals surface area contributed by atoms with Crippen molar-refractivity contribution in [1.29, 1.82) is 0 Å². The summed E-state index contributed by atoms with van der Waals surface area (Å²) in [4.78, 5) is 23.2. The van der Waals surface area contributed by atoms with Crippen molar-refractivity contribution >= 4 is 33.9 Å². The first-order chi connectivity index (χ1) is 9.93. The topological polar surface area (TPSA) is 66.4 Å². The largest absolute Gasteiger partial charge is 0.480 e. The van der Waals surface area contributed by atoms with Gasteiger partial charge in [-0.2, -0.15) is 0 Å². The van der Waals surface area contributed by atoms with Crippen molar-refractivity contribution in [1.82, 2.24) is 5.32 Å². The van der Waals surface area contributed by atoms with E-state index in [1.54, 1.807) is 12.1 Å². The van der Waals surface area contributed by atoms with E-state index in [9.17, 15) is 19.1 Å². The van der Waals surface area contributed by atoms with E-state index in [4.69, 9.17) is 0 Å². The van der Waals surface area contributed by atoms with Crippen LogP contribution in [0.15, 0.2) is 28.7 Å². The fourth-order valence-corrected chi connectivity index (χ4v) is 2.83. The molecule has 4 nitrogen and oxygen atoms in total. The van der Waals surface area contributed by atoms with Gasteiger partial charge in [-0.05, 0) is 37.1 Å². The van der Waals surface area contributed by atoms with Crippen LogP contribution in [0, 0.1) is 5.82 Å². The number of aliphatic carboxylic acids is 1. The minimum absolute atomic E-state index is 0.260. The van der Waals surface area contributed by atoms with Gasteiger partial charge in [-0.1, -0.05) is 28.8 Å². The van der Waals surface area contributed by atoms with E-state index >= 15 is 0 Å². The molecule has 0 aliphatic heterocycles. The molecular weight excluding hydrogens is 341 g/mol. The Morgan fingerprint density at radius 3 is 2.62 bits per heavy atom. The molecular formula is C15H15BrFNO3. The normalized spacial score (nSPS) is 17.0. The first-order valence-corrected chi connectivity index (χ1v) is 7.41. The van der Waals surface area contributed by atoms with E-state index in [0.29, 0.717) is 17.3 Å². The molecule has 0 aromatic heterocycles. The van der Waals surface area contributed by atoms with Gasteiger partial charge in [0.05, 0.1) is 0 Å². The van der Waals surface area contributed by atoms with Crippen molar-refractivity contribution in [2.24, 2.45) is 0 Å². The molecule has 0 unspecified atom stereocenters. The third-order valence-corrected chi connectivity index (χ3v) is 4.09. The Labute approximate surface area is 130 Å². The number of rotatable bonds is 4. The summed E-state index contributed by atoms with van der Waals surface area (Å²) in [5.41, 5.74) is -0.924. The van der Waals surface area contributed by atoms with Crippen LogP contribution in [0.1, 0.15) is 31.2 Å². The molecule has 2 N–H and O–H groups in total. The average Bonchev–Trinajstić information content (AvgIpc) is 2.89. The smallest absolute Gasteiger partial charge is 0.329 e. The molecule has 1 aromatic carbocycles. The summed E-state index contributed by atoms with van der Waals surface area (Å²) in [6, 6.07) is 4.39.